The highest BCUT2D eigenvalue weighted by Gasteiger charge is 2.13. The summed E-state index contributed by atoms with van der Waals surface area (Å²) in [6.07, 6.45) is 2.08. The Bertz CT molecular complexity index is 977. The highest BCUT2D eigenvalue weighted by molar-refractivity contribution is 9.10. The molecule has 0 unspecified atom stereocenters. The van der Waals surface area contributed by atoms with Crippen molar-refractivity contribution < 1.29 is 14.0 Å². The van der Waals surface area contributed by atoms with E-state index in [2.05, 4.69) is 26.6 Å². The second-order valence-corrected chi connectivity index (χ2v) is 7.39. The van der Waals surface area contributed by atoms with Crippen molar-refractivity contribution in [3.63, 3.8) is 0 Å². The van der Waals surface area contributed by atoms with Gasteiger partial charge in [0, 0.05) is 34.1 Å². The topological polar surface area (TPSA) is 71.3 Å². The molecule has 1 heterocycles. The maximum Gasteiger partial charge on any atom is 0.226 e. The zero-order valence-electron chi connectivity index (χ0n) is 15.3. The third-order valence-electron chi connectivity index (χ3n) is 4.49. The van der Waals surface area contributed by atoms with Crippen LogP contribution in [-0.2, 0) is 16.0 Å². The fraction of sp³-hybridized carbons (Fsp3) is 0.238. The second kappa shape index (κ2) is 8.39. The van der Waals surface area contributed by atoms with E-state index in [-0.39, 0.29) is 31.2 Å². The number of carbonyl (C=O) groups is 2. The molecule has 2 amide bonds. The number of aryl methyl sites for hydroxylation is 2. The summed E-state index contributed by atoms with van der Waals surface area (Å²) < 4.78 is 6.58. The van der Waals surface area contributed by atoms with Gasteiger partial charge in [-0.3, -0.25) is 9.59 Å². The Labute approximate surface area is 166 Å². The van der Waals surface area contributed by atoms with Crippen molar-refractivity contribution in [3.05, 3.63) is 63.8 Å². The third kappa shape index (κ3) is 4.77. The zero-order chi connectivity index (χ0) is 19.4. The lowest BCUT2D eigenvalue weighted by Crippen LogP contribution is -2.28. The Morgan fingerprint density at radius 2 is 1.78 bits per heavy atom. The fourth-order valence-corrected chi connectivity index (χ4v) is 3.10. The van der Waals surface area contributed by atoms with Gasteiger partial charge in [-0.15, -0.1) is 0 Å². The standard InChI is InChI=1S/C21H21BrN2O3/c1-13-3-8-18-15(12-27-21(18)14(13)2)11-20(26)23-10-9-19(25)24-17-6-4-16(22)5-7-17/h3-8,12H,9-11H2,1-2H3,(H,23,26)(H,24,25). The van der Waals surface area contributed by atoms with Gasteiger partial charge < -0.3 is 15.1 Å². The van der Waals surface area contributed by atoms with Gasteiger partial charge in [0.1, 0.15) is 5.58 Å². The van der Waals surface area contributed by atoms with E-state index in [0.717, 1.165) is 37.8 Å². The quantitative estimate of drug-likeness (QED) is 0.606. The molecule has 3 aromatic rings. The third-order valence-corrected chi connectivity index (χ3v) is 5.02. The molecular weight excluding hydrogens is 408 g/mol. The molecule has 0 fully saturated rings. The number of hydrogen-bond acceptors (Lipinski definition) is 3. The van der Waals surface area contributed by atoms with Crippen LogP contribution in [0.3, 0.4) is 0 Å². The van der Waals surface area contributed by atoms with E-state index >= 15 is 0 Å². The number of rotatable bonds is 6. The van der Waals surface area contributed by atoms with E-state index in [9.17, 15) is 9.59 Å². The Morgan fingerprint density at radius 3 is 2.52 bits per heavy atom. The van der Waals surface area contributed by atoms with Gasteiger partial charge in [0.05, 0.1) is 12.7 Å². The van der Waals surface area contributed by atoms with Crippen molar-refractivity contribution in [2.75, 3.05) is 11.9 Å². The first-order valence-corrected chi connectivity index (χ1v) is 9.51. The van der Waals surface area contributed by atoms with Gasteiger partial charge in [-0.1, -0.05) is 28.1 Å². The lowest BCUT2D eigenvalue weighted by molar-refractivity contribution is -0.120. The molecule has 0 bridgehead atoms. The summed E-state index contributed by atoms with van der Waals surface area (Å²) in [5, 5.41) is 6.55. The zero-order valence-corrected chi connectivity index (χ0v) is 16.9. The molecule has 2 aromatic carbocycles. The first kappa shape index (κ1) is 19.2. The average molecular weight is 429 g/mol. The Morgan fingerprint density at radius 1 is 1.04 bits per heavy atom. The maximum absolute atomic E-state index is 12.2. The summed E-state index contributed by atoms with van der Waals surface area (Å²) in [5.74, 6) is -0.273. The van der Waals surface area contributed by atoms with Crippen LogP contribution in [-0.4, -0.2) is 18.4 Å². The van der Waals surface area contributed by atoms with E-state index in [1.54, 1.807) is 6.26 Å². The molecular formula is C21H21BrN2O3. The van der Waals surface area contributed by atoms with E-state index < -0.39 is 0 Å². The number of anilines is 1. The maximum atomic E-state index is 12.2. The number of nitrogens with one attached hydrogen (secondary N) is 2. The van der Waals surface area contributed by atoms with Crippen molar-refractivity contribution >= 4 is 44.4 Å². The summed E-state index contributed by atoms with van der Waals surface area (Å²) in [5.41, 5.74) is 4.65. The van der Waals surface area contributed by atoms with E-state index in [0.29, 0.717) is 0 Å². The van der Waals surface area contributed by atoms with Crippen molar-refractivity contribution in [3.8, 4) is 0 Å². The van der Waals surface area contributed by atoms with E-state index in [1.165, 1.54) is 0 Å². The molecule has 0 aliphatic rings. The molecule has 140 valence electrons. The number of benzene rings is 2. The van der Waals surface area contributed by atoms with Gasteiger partial charge in [0.15, 0.2) is 0 Å². The molecule has 27 heavy (non-hydrogen) atoms. The molecule has 0 aliphatic heterocycles. The Kier molecular flexibility index (Phi) is 5.96. The fourth-order valence-electron chi connectivity index (χ4n) is 2.83. The van der Waals surface area contributed by atoms with Crippen LogP contribution in [0.5, 0.6) is 0 Å². The van der Waals surface area contributed by atoms with Crippen LogP contribution in [0, 0.1) is 13.8 Å². The number of fused-ring (bicyclic) bond motifs is 1. The number of amides is 2. The molecule has 0 atom stereocenters. The number of hydrogen-bond donors (Lipinski definition) is 2. The van der Waals surface area contributed by atoms with Crippen LogP contribution < -0.4 is 10.6 Å². The molecule has 0 radical (unpaired) electrons. The molecule has 0 aliphatic carbocycles. The van der Waals surface area contributed by atoms with Crippen LogP contribution in [0.2, 0.25) is 0 Å². The van der Waals surface area contributed by atoms with Crippen molar-refractivity contribution in [2.45, 2.75) is 26.7 Å². The van der Waals surface area contributed by atoms with E-state index in [4.69, 9.17) is 4.42 Å². The van der Waals surface area contributed by atoms with Gasteiger partial charge in [-0.25, -0.2) is 0 Å². The van der Waals surface area contributed by atoms with Crippen molar-refractivity contribution in [2.24, 2.45) is 0 Å². The minimum absolute atomic E-state index is 0.132. The Balaban J connectivity index is 1.49. The van der Waals surface area contributed by atoms with Crippen LogP contribution in [0.1, 0.15) is 23.1 Å². The molecule has 2 N–H and O–H groups in total. The normalized spacial score (nSPS) is 10.8. The summed E-state index contributed by atoms with van der Waals surface area (Å²) in [4.78, 5) is 24.1. The number of carbonyl (C=O) groups excluding carboxylic acids is 2. The average Bonchev–Trinajstić information content (AvgIpc) is 3.03. The van der Waals surface area contributed by atoms with Gasteiger partial charge in [0.2, 0.25) is 11.8 Å². The molecule has 5 nitrogen and oxygen atoms in total. The highest BCUT2D eigenvalue weighted by Crippen LogP contribution is 2.26. The molecule has 1 aromatic heterocycles. The molecule has 0 saturated heterocycles. The summed E-state index contributed by atoms with van der Waals surface area (Å²) in [7, 11) is 0. The first-order chi connectivity index (χ1) is 12.9. The predicted octanol–water partition coefficient (Wildman–Crippen LogP) is 4.50. The second-order valence-electron chi connectivity index (χ2n) is 6.48. The molecule has 0 saturated carbocycles. The van der Waals surface area contributed by atoms with Crippen LogP contribution in [0.15, 0.2) is 51.6 Å². The first-order valence-electron chi connectivity index (χ1n) is 8.72. The lowest BCUT2D eigenvalue weighted by atomic mass is 10.0. The minimum atomic E-state index is -0.141. The predicted molar refractivity (Wildman–Crippen MR) is 110 cm³/mol. The molecule has 0 spiro atoms. The molecule has 6 heteroatoms. The smallest absolute Gasteiger partial charge is 0.226 e. The van der Waals surface area contributed by atoms with Crippen LogP contribution in [0.25, 0.3) is 11.0 Å². The van der Waals surface area contributed by atoms with Crippen LogP contribution in [0.4, 0.5) is 5.69 Å². The minimum Gasteiger partial charge on any atom is -0.464 e. The van der Waals surface area contributed by atoms with Crippen molar-refractivity contribution in [1.29, 1.82) is 0 Å². The monoisotopic (exact) mass is 428 g/mol. The molecule has 3 rings (SSSR count). The highest BCUT2D eigenvalue weighted by atomic mass is 79.9. The SMILES string of the molecule is Cc1ccc2c(CC(=O)NCCC(=O)Nc3ccc(Br)cc3)coc2c1C. The summed E-state index contributed by atoms with van der Waals surface area (Å²) >= 11 is 3.35. The van der Waals surface area contributed by atoms with Crippen molar-refractivity contribution in [1.82, 2.24) is 5.32 Å². The van der Waals surface area contributed by atoms with Gasteiger partial charge in [-0.05, 0) is 49.2 Å². The number of furan rings is 1. The summed E-state index contributed by atoms with van der Waals surface area (Å²) in [6, 6.07) is 11.4. The number of halogens is 1. The van der Waals surface area contributed by atoms with Gasteiger partial charge >= 0.3 is 0 Å². The van der Waals surface area contributed by atoms with Gasteiger partial charge in [0.25, 0.3) is 0 Å². The summed E-state index contributed by atoms with van der Waals surface area (Å²) in [6.45, 7) is 4.33. The van der Waals surface area contributed by atoms with Crippen LogP contribution >= 0.6 is 15.9 Å². The Hall–Kier alpha value is -2.60. The van der Waals surface area contributed by atoms with E-state index in [1.807, 2.05) is 50.2 Å². The largest absolute Gasteiger partial charge is 0.464 e. The van der Waals surface area contributed by atoms with Gasteiger partial charge in [-0.2, -0.15) is 0 Å². The lowest BCUT2D eigenvalue weighted by Gasteiger charge is -2.07.